The molecular weight excluding hydrogens is 620 g/mol. The summed E-state index contributed by atoms with van der Waals surface area (Å²) in [5.41, 5.74) is 1.44. The molecule has 5 atom stereocenters. The number of benzene rings is 2. The van der Waals surface area contributed by atoms with Gasteiger partial charge in [0.1, 0.15) is 29.8 Å². The first-order valence-electron chi connectivity index (χ1n) is 14.8. The van der Waals surface area contributed by atoms with Crippen LogP contribution in [-0.4, -0.2) is 68.0 Å². The Bertz CT molecular complexity index is 1780. The maximum absolute atomic E-state index is 13.8. The van der Waals surface area contributed by atoms with E-state index in [1.807, 2.05) is 6.92 Å². The smallest absolute Gasteiger partial charge is 0.303 e. The quantitative estimate of drug-likeness (QED) is 0.242. The van der Waals surface area contributed by atoms with E-state index in [-0.39, 0.29) is 28.9 Å². The topological polar surface area (TPSA) is 172 Å². The zero-order valence-electron chi connectivity index (χ0n) is 26.6. The maximum atomic E-state index is 13.8. The number of fused-ring (bicyclic) bond motifs is 2. The average Bonchev–Trinajstić information content (AvgIpc) is 3.46. The van der Waals surface area contributed by atoms with E-state index in [1.165, 1.54) is 13.0 Å². The summed E-state index contributed by atoms with van der Waals surface area (Å²) in [6.45, 7) is 7.76. The van der Waals surface area contributed by atoms with Gasteiger partial charge in [0.15, 0.2) is 23.7 Å². The van der Waals surface area contributed by atoms with Crippen molar-refractivity contribution in [3.8, 4) is 28.4 Å². The number of carbonyl (C=O) groups excluding carboxylic acids is 4. The van der Waals surface area contributed by atoms with Gasteiger partial charge in [0.25, 0.3) is 0 Å². The van der Waals surface area contributed by atoms with Gasteiger partial charge in [0.05, 0.1) is 10.9 Å². The highest BCUT2D eigenvalue weighted by Gasteiger charge is 2.53. The first-order chi connectivity index (χ1) is 22.4. The summed E-state index contributed by atoms with van der Waals surface area (Å²) in [5.74, 6) is -1.30. The third kappa shape index (κ3) is 7.17. The Morgan fingerprint density at radius 2 is 1.49 bits per heavy atom. The molecule has 0 bridgehead atoms. The summed E-state index contributed by atoms with van der Waals surface area (Å²) in [7, 11) is 0. The SMILES string of the molecule is CCc1cc2c(=O)c(-c3ccc4c(c3)OCO4)c(C)oc2cc1O[C@H]1O[C@H](COC(C)=O)[C@@H](OC(C)=O)[C@H](OC(C)=O)[C@@H]1OC(C)=O. The number of carbonyl (C=O) groups is 4. The first-order valence-corrected chi connectivity index (χ1v) is 14.8. The van der Waals surface area contributed by atoms with Crippen LogP contribution in [0, 0.1) is 6.92 Å². The molecule has 1 saturated heterocycles. The summed E-state index contributed by atoms with van der Waals surface area (Å²) in [6, 6.07) is 8.35. The third-order valence-electron chi connectivity index (χ3n) is 7.48. The molecule has 3 aromatic rings. The molecule has 0 radical (unpaired) electrons. The lowest BCUT2D eigenvalue weighted by atomic mass is 9.97. The van der Waals surface area contributed by atoms with Crippen LogP contribution in [0.4, 0.5) is 0 Å². The molecule has 1 aromatic heterocycles. The minimum absolute atomic E-state index is 0.0896. The average molecular weight is 655 g/mol. The Labute approximate surface area is 268 Å². The van der Waals surface area contributed by atoms with Crippen molar-refractivity contribution in [1.29, 1.82) is 0 Å². The van der Waals surface area contributed by atoms with Crippen LogP contribution in [0.25, 0.3) is 22.1 Å². The summed E-state index contributed by atoms with van der Waals surface area (Å²) in [4.78, 5) is 62.0. The Morgan fingerprint density at radius 1 is 0.830 bits per heavy atom. The van der Waals surface area contributed by atoms with E-state index in [9.17, 15) is 24.0 Å². The first kappa shape index (κ1) is 33.3. The fraction of sp³-hybridized carbons (Fsp3) is 0.424. The van der Waals surface area contributed by atoms with E-state index in [0.717, 1.165) is 20.8 Å². The van der Waals surface area contributed by atoms with Crippen molar-refractivity contribution in [3.63, 3.8) is 0 Å². The lowest BCUT2D eigenvalue weighted by molar-refractivity contribution is -0.288. The van der Waals surface area contributed by atoms with Crippen molar-refractivity contribution >= 4 is 34.8 Å². The van der Waals surface area contributed by atoms with Crippen LogP contribution >= 0.6 is 0 Å². The van der Waals surface area contributed by atoms with Gasteiger partial charge in [-0.05, 0) is 42.7 Å². The van der Waals surface area contributed by atoms with Crippen LogP contribution in [0.2, 0.25) is 0 Å². The van der Waals surface area contributed by atoms with Gasteiger partial charge in [-0.1, -0.05) is 13.0 Å². The lowest BCUT2D eigenvalue weighted by Gasteiger charge is -2.44. The van der Waals surface area contributed by atoms with Gasteiger partial charge in [-0.3, -0.25) is 24.0 Å². The number of ether oxygens (including phenoxy) is 8. The molecule has 250 valence electrons. The minimum atomic E-state index is -1.46. The monoisotopic (exact) mass is 654 g/mol. The maximum Gasteiger partial charge on any atom is 0.303 e. The van der Waals surface area contributed by atoms with Gasteiger partial charge in [-0.25, -0.2) is 0 Å². The van der Waals surface area contributed by atoms with E-state index < -0.39 is 61.2 Å². The van der Waals surface area contributed by atoms with Crippen molar-refractivity contribution in [2.75, 3.05) is 13.4 Å². The van der Waals surface area contributed by atoms with Gasteiger partial charge < -0.3 is 42.3 Å². The summed E-state index contributed by atoms with van der Waals surface area (Å²) in [5, 5.41) is 0.286. The van der Waals surface area contributed by atoms with E-state index >= 15 is 0 Å². The molecule has 0 unspecified atom stereocenters. The van der Waals surface area contributed by atoms with Crippen molar-refractivity contribution in [1.82, 2.24) is 0 Å². The van der Waals surface area contributed by atoms with Gasteiger partial charge in [-0.2, -0.15) is 0 Å². The molecule has 0 aliphatic carbocycles. The molecule has 14 nitrogen and oxygen atoms in total. The van der Waals surface area contributed by atoms with Crippen molar-refractivity contribution in [3.05, 3.63) is 51.9 Å². The van der Waals surface area contributed by atoms with Crippen LogP contribution < -0.4 is 19.6 Å². The fourth-order valence-corrected chi connectivity index (χ4v) is 5.56. The lowest BCUT2D eigenvalue weighted by Crippen LogP contribution is -2.63. The number of hydrogen-bond donors (Lipinski definition) is 0. The Kier molecular flexibility index (Phi) is 9.70. The summed E-state index contributed by atoms with van der Waals surface area (Å²) in [6.07, 6.45) is -6.44. The number of esters is 4. The normalized spacial score (nSPS) is 21.5. The highest BCUT2D eigenvalue weighted by atomic mass is 16.7. The Balaban J connectivity index is 1.56. The summed E-state index contributed by atoms with van der Waals surface area (Å²) >= 11 is 0. The summed E-state index contributed by atoms with van der Waals surface area (Å²) < 4.78 is 50.9. The number of rotatable bonds is 9. The van der Waals surface area contributed by atoms with Crippen molar-refractivity contribution < 1.29 is 61.5 Å². The highest BCUT2D eigenvalue weighted by molar-refractivity contribution is 5.85. The number of hydrogen-bond acceptors (Lipinski definition) is 14. The Morgan fingerprint density at radius 3 is 2.15 bits per heavy atom. The second-order valence-electron chi connectivity index (χ2n) is 10.9. The molecule has 0 spiro atoms. The molecule has 0 saturated carbocycles. The highest BCUT2D eigenvalue weighted by Crippen LogP contribution is 2.38. The van der Waals surface area contributed by atoms with E-state index in [1.54, 1.807) is 31.2 Å². The van der Waals surface area contributed by atoms with Crippen LogP contribution in [0.15, 0.2) is 39.5 Å². The standard InChI is InChI=1S/C33H34O14/c1-7-20-10-22-25(42-15(2)28(29(22)38)21-8-9-23-26(11-21)41-14-40-23)12-24(20)46-33-32(45-19(6)37)31(44-18(5)36)30(43-17(4)35)27(47-33)13-39-16(3)34/h8-12,27,30-33H,7,13-14H2,1-6H3/t27-,30-,31+,32+,33+/m1/s1. The molecule has 2 aliphatic rings. The molecule has 14 heteroatoms. The van der Waals surface area contributed by atoms with Crippen LogP contribution in [0.3, 0.4) is 0 Å². The molecule has 3 heterocycles. The number of aryl methyl sites for hydroxylation is 2. The van der Waals surface area contributed by atoms with Gasteiger partial charge >= 0.3 is 23.9 Å². The fourth-order valence-electron chi connectivity index (χ4n) is 5.56. The molecule has 47 heavy (non-hydrogen) atoms. The largest absolute Gasteiger partial charge is 0.463 e. The molecule has 2 aromatic carbocycles. The molecular formula is C33H34O14. The van der Waals surface area contributed by atoms with Crippen molar-refractivity contribution in [2.45, 2.75) is 78.7 Å². The van der Waals surface area contributed by atoms with E-state index in [4.69, 9.17) is 42.3 Å². The second-order valence-corrected chi connectivity index (χ2v) is 10.9. The van der Waals surface area contributed by atoms with Gasteiger partial charge in [0.2, 0.25) is 24.6 Å². The molecule has 2 aliphatic heterocycles. The Hall–Kier alpha value is -5.11. The zero-order chi connectivity index (χ0) is 34.0. The molecule has 0 N–H and O–H groups in total. The van der Waals surface area contributed by atoms with Crippen molar-refractivity contribution in [2.24, 2.45) is 0 Å². The van der Waals surface area contributed by atoms with Gasteiger partial charge in [0, 0.05) is 33.8 Å². The molecule has 0 amide bonds. The predicted octanol–water partition coefficient (Wildman–Crippen LogP) is 3.52. The van der Waals surface area contributed by atoms with E-state index in [0.29, 0.717) is 40.4 Å². The molecule has 1 fully saturated rings. The van der Waals surface area contributed by atoms with Crippen LogP contribution in [-0.2, 0) is 49.3 Å². The third-order valence-corrected chi connectivity index (χ3v) is 7.48. The minimum Gasteiger partial charge on any atom is -0.463 e. The van der Waals surface area contributed by atoms with Crippen LogP contribution in [0.5, 0.6) is 17.2 Å². The zero-order valence-corrected chi connectivity index (χ0v) is 26.6. The van der Waals surface area contributed by atoms with Crippen LogP contribution in [0.1, 0.15) is 45.9 Å². The predicted molar refractivity (Wildman–Crippen MR) is 161 cm³/mol. The van der Waals surface area contributed by atoms with Gasteiger partial charge in [-0.15, -0.1) is 0 Å². The molecule has 5 rings (SSSR count). The second kappa shape index (κ2) is 13.7. The van der Waals surface area contributed by atoms with E-state index in [2.05, 4.69) is 0 Å².